The lowest BCUT2D eigenvalue weighted by atomic mass is 10.1. The largest absolute Gasteiger partial charge is 0.790 e. The molecule has 9 aliphatic rings. The molecule has 0 spiro atoms. The predicted molar refractivity (Wildman–Crippen MR) is 532 cm³/mol. The van der Waals surface area contributed by atoms with E-state index in [-0.39, 0.29) is 88.2 Å². The number of aromatic nitrogens is 24. The highest BCUT2D eigenvalue weighted by molar-refractivity contribution is 7.61. The molecule has 802 valence electrons. The first-order chi connectivity index (χ1) is 70.1. The molecule has 18 rings (SSSR count). The SMILES string of the molecule is CCO.CCOP(=O)(O)OP(=O)(O)OC[C@H]1O[C@@H](n2cnc3c(N)ncnc32)C(O)C1O.CCOP(=O)([O-])[O-].CO.CO.CO.CO.CO.CO.Cc1cc2nc3[nH]c(=O)[nH]c(=O)c3nc2cc1C.Cc1cc2nc3c(=O)[nH]c(=O)nc-3n(C)c2cc1C.Cc1cc2nc3c(=O)[nH]c(=O)nc-3n(CO)c2cc1C.Cc1cc2nc3c(=O)[nH]c(=O)nc-3n(CO)c2cc1C.Cc1cc2nc3c(=O)[nH]c(=O)nc-3n(CO)c2cc1C. The highest BCUT2D eigenvalue weighted by Gasteiger charge is 2.46. The van der Waals surface area contributed by atoms with Crippen molar-refractivity contribution in [3.8, 4) is 46.1 Å². The zero-order chi connectivity index (χ0) is 112. The third kappa shape index (κ3) is 30.7. The van der Waals surface area contributed by atoms with E-state index in [9.17, 15) is 107 Å². The van der Waals surface area contributed by atoms with E-state index < -0.39 is 131 Å². The highest BCUT2D eigenvalue weighted by Crippen LogP contribution is 2.60. The molecular weight excluding hydrogens is 2020 g/mol. The first-order valence-corrected chi connectivity index (χ1v) is 47.5. The van der Waals surface area contributed by atoms with Gasteiger partial charge >= 0.3 is 44.1 Å². The number of aliphatic hydroxyl groups excluding tert-OH is 12. The fourth-order valence-corrected chi connectivity index (χ4v) is 15.8. The van der Waals surface area contributed by atoms with Crippen molar-refractivity contribution in [3.05, 3.63) is 233 Å². The maximum atomic E-state index is 11.8. The summed E-state index contributed by atoms with van der Waals surface area (Å²) in [5, 5.41) is 98.7. The molecule has 13 heterocycles. The molecule has 1 saturated heterocycles. The van der Waals surface area contributed by atoms with Crippen molar-refractivity contribution < 1.29 is 117 Å². The Morgan fingerprint density at radius 3 is 1.07 bits per heavy atom. The normalized spacial score (nSPS) is 14.0. The van der Waals surface area contributed by atoms with Crippen molar-refractivity contribution in [1.29, 1.82) is 0 Å². The average Bonchev–Trinajstić information content (AvgIpc) is 1.70. The molecule has 62 heteroatoms. The number of H-pyrrole nitrogens is 6. The third-order valence-corrected chi connectivity index (χ3v) is 23.9. The van der Waals surface area contributed by atoms with Crippen LogP contribution >= 0.6 is 23.5 Å². The Balaban J connectivity index is 0.000000302. The van der Waals surface area contributed by atoms with Crippen LogP contribution in [-0.2, 0) is 63.6 Å². The molecule has 4 unspecified atom stereocenters. The van der Waals surface area contributed by atoms with Crippen LogP contribution in [0.4, 0.5) is 5.82 Å². The topological polar surface area (TPSA) is 910 Å². The number of nitrogens with zero attached hydrogens (tertiary/aromatic N) is 18. The van der Waals surface area contributed by atoms with E-state index in [0.29, 0.717) is 55.5 Å². The smallest absolute Gasteiger partial charge is 0.481 e. The number of hydrogen-bond donors (Lipinski definition) is 21. The van der Waals surface area contributed by atoms with Crippen molar-refractivity contribution in [1.82, 2.24) is 118 Å². The van der Waals surface area contributed by atoms with Crippen LogP contribution in [0.25, 0.3) is 124 Å². The molecule has 1 fully saturated rings. The minimum absolute atomic E-state index is 0.0365. The summed E-state index contributed by atoms with van der Waals surface area (Å²) in [6.07, 6.45) is -3.04. The van der Waals surface area contributed by atoms with Crippen molar-refractivity contribution >= 4 is 107 Å². The molecule has 148 heavy (non-hydrogen) atoms. The van der Waals surface area contributed by atoms with Gasteiger partial charge in [-0.05, 0) is 206 Å². The van der Waals surface area contributed by atoms with E-state index in [4.69, 9.17) is 46.2 Å². The zero-order valence-electron chi connectivity index (χ0n) is 83.1. The van der Waals surface area contributed by atoms with E-state index >= 15 is 0 Å². The lowest BCUT2D eigenvalue weighted by Gasteiger charge is -2.27. The number of benzene rings is 5. The lowest BCUT2D eigenvalue weighted by molar-refractivity contribution is -0.341. The van der Waals surface area contributed by atoms with E-state index in [1.54, 1.807) is 18.5 Å². The molecule has 22 N–H and O–H groups in total. The van der Waals surface area contributed by atoms with Crippen molar-refractivity contribution in [3.63, 3.8) is 0 Å². The summed E-state index contributed by atoms with van der Waals surface area (Å²) < 4.78 is 62.2. The number of aromatic amines is 6. The van der Waals surface area contributed by atoms with Crippen LogP contribution in [0.1, 0.15) is 82.6 Å². The minimum Gasteiger partial charge on any atom is -0.790 e. The maximum Gasteiger partial charge on any atom is 0.481 e. The molecule has 4 aromatic heterocycles. The number of nitrogens with two attached hydrogens (primary N) is 1. The molecule has 0 saturated carbocycles. The Bertz CT molecular complexity index is 7780. The quantitative estimate of drug-likeness (QED) is 0.0429. The summed E-state index contributed by atoms with van der Waals surface area (Å²) >= 11 is 0. The highest BCUT2D eigenvalue weighted by atomic mass is 31.3. The van der Waals surface area contributed by atoms with E-state index in [2.05, 4.69) is 113 Å². The Morgan fingerprint density at radius 2 is 0.723 bits per heavy atom. The van der Waals surface area contributed by atoms with Gasteiger partial charge in [-0.1, -0.05) is 0 Å². The second kappa shape index (κ2) is 56.0. The number of fused-ring (bicyclic) bond motifs is 11. The van der Waals surface area contributed by atoms with Gasteiger partial charge in [0.15, 0.2) is 74.9 Å². The minimum atomic E-state index is -5.04. The average molecular weight is 2130 g/mol. The number of imidazole rings is 1. The van der Waals surface area contributed by atoms with Crippen molar-refractivity contribution in [2.45, 2.75) is 135 Å². The van der Waals surface area contributed by atoms with Gasteiger partial charge in [-0.25, -0.2) is 78.0 Å². The van der Waals surface area contributed by atoms with E-state index in [1.165, 1.54) is 44.8 Å². The van der Waals surface area contributed by atoms with Gasteiger partial charge in [0.1, 0.15) is 50.3 Å². The number of phosphoric acid groups is 3. The van der Waals surface area contributed by atoms with Gasteiger partial charge in [-0.2, -0.15) is 24.2 Å². The van der Waals surface area contributed by atoms with Crippen LogP contribution in [0, 0.1) is 69.2 Å². The van der Waals surface area contributed by atoms with E-state index in [1.807, 2.05) is 130 Å². The second-order valence-electron chi connectivity index (χ2n) is 29.9. The number of anilines is 1. The fraction of sp³-hybridized carbons (Fsp3) is 0.360. The van der Waals surface area contributed by atoms with Crippen LogP contribution in [0.3, 0.4) is 0 Å². The Labute approximate surface area is 833 Å². The number of nitrogen functional groups attached to an aromatic ring is 1. The summed E-state index contributed by atoms with van der Waals surface area (Å²) in [5.74, 6) is 0.637. The first kappa shape index (κ1) is 124. The standard InChI is InChI=1S/3C13H12N4O3.C13H12N4O2.C12H19N5O10P2.C12H10N4O2.C2H7O4P.C2H6O.6CH4O/c3*1-6-3-8-9(4-7(6)2)17(5-18)11-10(14-8)12(19)16-13(20)15-11;1-6-4-8-9(5-7(6)2)17(3)11-10(14-8)12(18)16-13(19)15-11;1-2-24-28(20,21)27-29(22,23)25-3-6-8(18)9(19)12(26-6)17-5-16-7-10(13)14-4-15-11(7)17;1-5-3-7-8(4-6(5)2)14-10-9(13-7)11(17)16-12(18)15-10;1-2-6-7(3,4)5;1-2-3;6*1-2/h3*3-4,18H,5H2,1-2H3,(H,16,19,20);4-5H,1-3H3,(H,16,18,19);4-6,8-9,12,18-19H,2-3H2,1H3,(H,20,21)(H,22,23)(H2,13,14,15);3-4H,1-2H3,(H2,14,15,16,17,18);2H2,1H3,(H2,3,4,5);3H,2H2,1H3;6*2H,1H3/p-2/t;;;;6-,8?,9?,12-;;;;;;;;;/m....1........./s1. The third-order valence-electron chi connectivity index (χ3n) is 20.6. The fourth-order valence-electron chi connectivity index (χ4n) is 13.4. The summed E-state index contributed by atoms with van der Waals surface area (Å²) in [5.41, 5.74) is 17.4. The number of hydrogen-bond acceptors (Lipinski definition) is 46. The van der Waals surface area contributed by atoms with Gasteiger partial charge in [0.25, 0.3) is 27.8 Å². The van der Waals surface area contributed by atoms with Gasteiger partial charge in [0.2, 0.25) is 0 Å². The van der Waals surface area contributed by atoms with Crippen LogP contribution < -0.4 is 71.8 Å². The Hall–Kier alpha value is -14.3. The molecule has 0 amide bonds. The van der Waals surface area contributed by atoms with Gasteiger partial charge in [-0.15, -0.1) is 0 Å². The van der Waals surface area contributed by atoms with Crippen molar-refractivity contribution in [2.24, 2.45) is 7.05 Å². The number of aliphatic hydroxyl groups is 12. The second-order valence-corrected chi connectivity index (χ2v) is 34.1. The number of rotatable bonds is 13. The molecule has 0 aliphatic carbocycles. The molecule has 9 aromatic rings. The summed E-state index contributed by atoms with van der Waals surface area (Å²) in [7, 11) is -6.75. The van der Waals surface area contributed by atoms with E-state index in [0.717, 1.165) is 104 Å². The molecule has 5 aromatic carbocycles. The molecule has 59 nitrogen and oxygen atoms in total. The monoisotopic (exact) mass is 2130 g/mol. The lowest BCUT2D eigenvalue weighted by Crippen LogP contribution is -2.33. The van der Waals surface area contributed by atoms with Gasteiger partial charge < -0.3 is 105 Å². The van der Waals surface area contributed by atoms with Crippen LogP contribution in [0.15, 0.2) is 121 Å². The Morgan fingerprint density at radius 1 is 0.399 bits per heavy atom. The van der Waals surface area contributed by atoms with Crippen molar-refractivity contribution in [2.75, 3.05) is 74.8 Å². The molecular formula is C86H112N25O34P3-2. The summed E-state index contributed by atoms with van der Waals surface area (Å²) in [6.45, 7) is 22.0. The molecule has 0 bridgehead atoms. The predicted octanol–water partition coefficient (Wildman–Crippen LogP) is -2.23. The molecule has 0 radical (unpaired) electrons. The van der Waals surface area contributed by atoms with Crippen LogP contribution in [0.2, 0.25) is 0 Å². The van der Waals surface area contributed by atoms with Gasteiger partial charge in [0, 0.05) is 62.9 Å². The number of phosphoric ester groups is 3. The number of aryl methyl sites for hydroxylation is 11. The van der Waals surface area contributed by atoms with Gasteiger partial charge in [-0.3, -0.25) is 81.2 Å². The molecule has 6 atom stereocenters. The number of ether oxygens (including phenoxy) is 1. The first-order valence-electron chi connectivity index (χ1n) is 43.0. The summed E-state index contributed by atoms with van der Waals surface area (Å²) in [4.78, 5) is 219. The Kier molecular flexibility index (Phi) is 47.0. The maximum absolute atomic E-state index is 11.8. The van der Waals surface area contributed by atoms with Crippen LogP contribution in [-0.4, -0.2) is 276 Å². The summed E-state index contributed by atoms with van der Waals surface area (Å²) in [6, 6.07) is 18.7. The molecule has 9 aliphatic heterocycles. The zero-order valence-corrected chi connectivity index (χ0v) is 85.8. The van der Waals surface area contributed by atoms with Crippen LogP contribution in [0.5, 0.6) is 0 Å². The van der Waals surface area contributed by atoms with Gasteiger partial charge in [0.05, 0.1) is 82.5 Å². The number of nitrogens with one attached hydrogen (secondary N) is 6.